The summed E-state index contributed by atoms with van der Waals surface area (Å²) in [6.45, 7) is 5.32. The fourth-order valence-corrected chi connectivity index (χ4v) is 1.29. The van der Waals surface area contributed by atoms with Crippen LogP contribution in [0.3, 0.4) is 0 Å². The third kappa shape index (κ3) is 4.78. The minimum Gasteiger partial charge on any atom is -0.237 e. The van der Waals surface area contributed by atoms with Crippen molar-refractivity contribution < 1.29 is 26.2 Å². The lowest BCUT2D eigenvalue weighted by atomic mass is 10.6. The molecule has 1 aromatic heterocycles. The Morgan fingerprint density at radius 1 is 1.53 bits per heavy atom. The number of nitrogens with zero attached hydrogens (tertiary/aromatic N) is 3. The highest BCUT2D eigenvalue weighted by Crippen LogP contribution is 2.20. The first-order valence-electron chi connectivity index (χ1n) is 5.05. The fraction of sp³-hybridized carbons (Fsp3) is 0.556. The summed E-state index contributed by atoms with van der Waals surface area (Å²) in [5.41, 5.74) is -5.41. The van der Waals surface area contributed by atoms with Crippen LogP contribution in [0, 0.1) is 18.4 Å². The maximum Gasteiger partial charge on any atom is 0.517 e. The zero-order chi connectivity index (χ0) is 15.3. The van der Waals surface area contributed by atoms with Gasteiger partial charge < -0.3 is 0 Å². The summed E-state index contributed by atoms with van der Waals surface area (Å²) in [5, 5.41) is 7.52. The molecular weight excluding hydrogens is 285 g/mol. The Morgan fingerprint density at radius 2 is 2.05 bits per heavy atom. The lowest BCUT2D eigenvalue weighted by molar-refractivity contribution is -0.677. The molecule has 10 heteroatoms. The van der Waals surface area contributed by atoms with Crippen molar-refractivity contribution >= 4 is 10.0 Å². The molecule has 19 heavy (non-hydrogen) atoms. The molecule has 1 N–H and O–H groups in total. The number of hydrogen-bond donors (Lipinski definition) is 1. The van der Waals surface area contributed by atoms with Crippen molar-refractivity contribution in [1.82, 2.24) is 9.29 Å². The summed E-state index contributed by atoms with van der Waals surface area (Å²) in [7, 11) is -3.40. The largest absolute Gasteiger partial charge is 0.517 e. The second kappa shape index (κ2) is 6.42. The number of aromatic nitrogens is 2. The predicted molar refractivity (Wildman–Crippen MR) is 59.7 cm³/mol. The Morgan fingerprint density at radius 3 is 2.21 bits per heavy atom. The van der Waals surface area contributed by atoms with Gasteiger partial charge >= 0.3 is 15.5 Å². The highest BCUT2D eigenvalue weighted by molar-refractivity contribution is 7.90. The van der Waals surface area contributed by atoms with E-state index < -0.39 is 15.5 Å². The third-order valence-corrected chi connectivity index (χ3v) is 3.19. The first kappa shape index (κ1) is 17.2. The van der Waals surface area contributed by atoms with Crippen molar-refractivity contribution in [3.8, 4) is 6.19 Å². The molecule has 0 bridgehead atoms. The van der Waals surface area contributed by atoms with E-state index in [4.69, 9.17) is 5.26 Å². The number of alkyl halides is 3. The van der Waals surface area contributed by atoms with E-state index in [1.54, 1.807) is 0 Å². The minimum atomic E-state index is -5.46. The average molecular weight is 299 g/mol. The molecule has 0 fully saturated rings. The van der Waals surface area contributed by atoms with E-state index in [1.807, 2.05) is 0 Å². The fourth-order valence-electron chi connectivity index (χ4n) is 1.05. The predicted octanol–water partition coefficient (Wildman–Crippen LogP) is 0.548. The molecule has 0 aromatic carbocycles. The quantitative estimate of drug-likeness (QED) is 0.492. The Hall–Kier alpha value is -1.76. The SMILES string of the molecule is CCn1cc[n+](C)c1C.N#CNS(=O)(=O)C(F)(F)F. The van der Waals surface area contributed by atoms with Crippen molar-refractivity contribution in [3.05, 3.63) is 18.2 Å². The Balaban J connectivity index is 0.000000342. The van der Waals surface area contributed by atoms with Crippen molar-refractivity contribution in [2.45, 2.75) is 25.9 Å². The number of rotatable bonds is 2. The molecule has 0 aliphatic carbocycles. The molecule has 1 rings (SSSR count). The van der Waals surface area contributed by atoms with Crippen LogP contribution in [-0.2, 0) is 23.6 Å². The highest BCUT2D eigenvalue weighted by atomic mass is 32.2. The van der Waals surface area contributed by atoms with E-state index in [0.29, 0.717) is 10.9 Å². The number of nitrogens with one attached hydrogen (secondary N) is 1. The van der Waals surface area contributed by atoms with Gasteiger partial charge in [-0.1, -0.05) is 0 Å². The smallest absolute Gasteiger partial charge is 0.237 e. The maximum atomic E-state index is 11.2. The van der Waals surface area contributed by atoms with Gasteiger partial charge in [0.05, 0.1) is 13.6 Å². The summed E-state index contributed by atoms with van der Waals surface area (Å²) in [5.74, 6) is 1.30. The monoisotopic (exact) mass is 299 g/mol. The van der Waals surface area contributed by atoms with Crippen LogP contribution in [0.15, 0.2) is 12.4 Å². The molecule has 0 aliphatic heterocycles. The van der Waals surface area contributed by atoms with E-state index in [1.165, 1.54) is 5.82 Å². The highest BCUT2D eigenvalue weighted by Gasteiger charge is 2.45. The van der Waals surface area contributed by atoms with E-state index >= 15 is 0 Å². The standard InChI is InChI=1S/C7H13N2.C2HF3N2O2S/c1-4-9-6-5-8(3)7(9)2;3-2(4,5)10(8,9)7-1-6/h5-6H,4H2,1-3H3;7H/q+1;. The second-order valence-corrected chi connectivity index (χ2v) is 5.08. The second-order valence-electron chi connectivity index (χ2n) is 3.41. The summed E-state index contributed by atoms with van der Waals surface area (Å²) < 4.78 is 58.2. The van der Waals surface area contributed by atoms with Gasteiger partial charge in [-0.05, 0) is 6.92 Å². The molecule has 6 nitrogen and oxygen atoms in total. The molecule has 0 saturated carbocycles. The number of imidazole rings is 1. The molecule has 108 valence electrons. The summed E-state index contributed by atoms with van der Waals surface area (Å²) in [6.07, 6.45) is 4.82. The van der Waals surface area contributed by atoms with Crippen LogP contribution >= 0.6 is 0 Å². The van der Waals surface area contributed by atoms with Crippen molar-refractivity contribution in [3.63, 3.8) is 0 Å². The number of hydrogen-bond acceptors (Lipinski definition) is 3. The van der Waals surface area contributed by atoms with E-state index in [-0.39, 0.29) is 0 Å². The van der Waals surface area contributed by atoms with Crippen LogP contribution in [0.25, 0.3) is 0 Å². The Labute approximate surface area is 109 Å². The van der Waals surface area contributed by atoms with Gasteiger partial charge in [0.25, 0.3) is 5.82 Å². The molecular formula is C9H14F3N4O2S+. The number of aryl methyl sites for hydroxylation is 2. The minimum absolute atomic E-state index is 0.615. The first-order valence-corrected chi connectivity index (χ1v) is 6.53. The lowest BCUT2D eigenvalue weighted by Gasteiger charge is -2.02. The topological polar surface area (TPSA) is 78.8 Å². The number of halogens is 3. The van der Waals surface area contributed by atoms with Gasteiger partial charge in [-0.2, -0.15) is 26.9 Å². The first-order chi connectivity index (χ1) is 8.56. The van der Waals surface area contributed by atoms with Crippen LogP contribution in [0.5, 0.6) is 0 Å². The van der Waals surface area contributed by atoms with E-state index in [2.05, 4.69) is 42.4 Å². The molecule has 0 radical (unpaired) electrons. The molecule has 0 saturated heterocycles. The van der Waals surface area contributed by atoms with Crippen molar-refractivity contribution in [2.75, 3.05) is 0 Å². The zero-order valence-electron chi connectivity index (χ0n) is 10.6. The van der Waals surface area contributed by atoms with Crippen LogP contribution in [0.4, 0.5) is 13.2 Å². The summed E-state index contributed by atoms with van der Waals surface area (Å²) >= 11 is 0. The molecule has 1 heterocycles. The van der Waals surface area contributed by atoms with Gasteiger partial charge in [0.15, 0.2) is 6.19 Å². The van der Waals surface area contributed by atoms with Gasteiger partial charge in [0.1, 0.15) is 12.4 Å². The van der Waals surface area contributed by atoms with Gasteiger partial charge in [-0.3, -0.25) is 0 Å². The van der Waals surface area contributed by atoms with Crippen molar-refractivity contribution in [2.24, 2.45) is 7.05 Å². The zero-order valence-corrected chi connectivity index (χ0v) is 11.4. The van der Waals surface area contributed by atoms with E-state index in [0.717, 1.165) is 6.54 Å². The van der Waals surface area contributed by atoms with Crippen LogP contribution in [0.1, 0.15) is 12.7 Å². The normalized spacial score (nSPS) is 11.2. The molecule has 0 unspecified atom stereocenters. The maximum absolute atomic E-state index is 11.2. The third-order valence-electron chi connectivity index (χ3n) is 2.22. The molecule has 0 aliphatic rings. The van der Waals surface area contributed by atoms with E-state index in [9.17, 15) is 21.6 Å². The van der Waals surface area contributed by atoms with Crippen molar-refractivity contribution in [1.29, 1.82) is 5.26 Å². The number of sulfonamides is 1. The average Bonchev–Trinajstić information content (AvgIpc) is 2.58. The van der Waals surface area contributed by atoms with Crippen LogP contribution in [-0.4, -0.2) is 18.5 Å². The summed E-state index contributed by atoms with van der Waals surface area (Å²) in [6, 6.07) is 0. The molecule has 0 atom stereocenters. The molecule has 0 amide bonds. The Kier molecular flexibility index (Phi) is 5.82. The van der Waals surface area contributed by atoms with Gasteiger partial charge in [0, 0.05) is 6.92 Å². The summed E-state index contributed by atoms with van der Waals surface area (Å²) in [4.78, 5) is 0. The Bertz CT molecular complexity index is 557. The lowest BCUT2D eigenvalue weighted by Crippen LogP contribution is -2.33. The molecule has 0 spiro atoms. The molecule has 1 aromatic rings. The van der Waals surface area contributed by atoms with Crippen LogP contribution < -0.4 is 9.29 Å². The van der Waals surface area contributed by atoms with Gasteiger partial charge in [0.2, 0.25) is 0 Å². The van der Waals surface area contributed by atoms with Gasteiger partial charge in [-0.25, -0.2) is 13.9 Å². The van der Waals surface area contributed by atoms with Crippen LogP contribution in [0.2, 0.25) is 0 Å². The number of nitriles is 1. The van der Waals surface area contributed by atoms with Gasteiger partial charge in [-0.15, -0.1) is 0 Å².